The van der Waals surface area contributed by atoms with Gasteiger partial charge in [0.1, 0.15) is 5.75 Å². The fraction of sp³-hybridized carbons (Fsp3) is 0.200. The van der Waals surface area contributed by atoms with Crippen molar-refractivity contribution in [1.82, 2.24) is 0 Å². The molecule has 0 unspecified atom stereocenters. The van der Waals surface area contributed by atoms with Gasteiger partial charge in [0.25, 0.3) is 0 Å². The third-order valence-electron chi connectivity index (χ3n) is 1.60. The maximum absolute atomic E-state index is 9.39. The molecule has 0 saturated carbocycles. The predicted octanol–water partition coefficient (Wildman–Crippen LogP) is 2.05. The first kappa shape index (κ1) is 13.2. The Labute approximate surface area is 114 Å². The Balaban J connectivity index is 0.00000144. The van der Waals surface area contributed by atoms with Gasteiger partial charge in [-0.2, -0.15) is 0 Å². The van der Waals surface area contributed by atoms with Crippen LogP contribution in [0.3, 0.4) is 0 Å². The molecule has 1 rings (SSSR count). The van der Waals surface area contributed by atoms with E-state index in [2.05, 4.69) is 6.58 Å². The molecule has 0 aliphatic heterocycles. The van der Waals surface area contributed by atoms with Crippen LogP contribution in [0, 0.1) is 44.1 Å². The zero-order valence-electron chi connectivity index (χ0n) is 7.66. The first-order chi connectivity index (χ1) is 5.75. The second-order valence-corrected chi connectivity index (χ2v) is 2.55. The molecule has 1 N–H and O–H groups in total. The van der Waals surface area contributed by atoms with E-state index < -0.39 is 0 Å². The molecular weight excluding hydrogens is 379 g/mol. The van der Waals surface area contributed by atoms with Crippen molar-refractivity contribution in [2.24, 2.45) is 0 Å². The summed E-state index contributed by atoms with van der Waals surface area (Å²) in [5, 5.41) is 9.39. The average Bonchev–Trinajstić information content (AvgIpc) is 2.05. The first-order valence-corrected chi connectivity index (χ1v) is 3.70. The Bertz CT molecular complexity index is 284. The van der Waals surface area contributed by atoms with Crippen LogP contribution in [0.25, 0.3) is 5.57 Å². The van der Waals surface area contributed by atoms with Gasteiger partial charge in [-0.3, -0.25) is 0 Å². The van der Waals surface area contributed by atoms with E-state index in [0.29, 0.717) is 6.61 Å². The average molecular weight is 391 g/mol. The van der Waals surface area contributed by atoms with Crippen LogP contribution >= 0.6 is 0 Å². The molecule has 0 amide bonds. The van der Waals surface area contributed by atoms with Crippen molar-refractivity contribution in [2.75, 3.05) is 13.7 Å². The molecule has 0 atom stereocenters. The minimum atomic E-state index is 0. The van der Waals surface area contributed by atoms with Gasteiger partial charge in [0.05, 0.1) is 6.61 Å². The van der Waals surface area contributed by atoms with Crippen molar-refractivity contribution in [3.05, 3.63) is 36.4 Å². The molecule has 13 heavy (non-hydrogen) atoms. The van der Waals surface area contributed by atoms with Crippen LogP contribution in [-0.2, 0) is 4.74 Å². The van der Waals surface area contributed by atoms with E-state index in [1.807, 2.05) is 12.1 Å². The fourth-order valence-electron chi connectivity index (χ4n) is 1.02. The van der Waals surface area contributed by atoms with Crippen molar-refractivity contribution < 1.29 is 53.9 Å². The van der Waals surface area contributed by atoms with Gasteiger partial charge in [-0.05, 0) is 11.6 Å². The second-order valence-electron chi connectivity index (χ2n) is 2.55. The number of aromatic hydroxyl groups is 1. The van der Waals surface area contributed by atoms with E-state index in [0.717, 1.165) is 11.1 Å². The molecule has 0 bridgehead atoms. The van der Waals surface area contributed by atoms with Crippen LogP contribution in [0.4, 0.5) is 0 Å². The summed E-state index contributed by atoms with van der Waals surface area (Å²) in [5.41, 5.74) is 1.54. The summed E-state index contributed by atoms with van der Waals surface area (Å²) in [4.78, 5) is 0. The van der Waals surface area contributed by atoms with E-state index in [4.69, 9.17) is 4.74 Å². The monoisotopic (exact) mass is 391 g/mol. The van der Waals surface area contributed by atoms with Crippen LogP contribution in [-0.4, -0.2) is 18.8 Å². The maximum atomic E-state index is 9.39. The van der Waals surface area contributed by atoms with Crippen LogP contribution in [0.15, 0.2) is 30.8 Å². The Hall–Kier alpha value is 0.162. The zero-order valence-corrected chi connectivity index (χ0v) is 12.4. The molecule has 1 aromatic carbocycles. The molecule has 67 valence electrons. The number of rotatable bonds is 3. The third-order valence-corrected chi connectivity index (χ3v) is 1.60. The minimum absolute atomic E-state index is 0. The largest absolute Gasteiger partial charge is 0.507 e. The number of hydrogen-bond donors (Lipinski definition) is 1. The standard InChI is InChI=1S/C10H12O2.Ac/c1-8(7-12-2)9-5-3-4-6-10(9)11;/h3-6,11H,1,7H2,2H3;. The number of phenolic OH excluding ortho intramolecular Hbond substituents is 1. The number of hydrogen-bond acceptors (Lipinski definition) is 2. The van der Waals surface area contributed by atoms with Crippen molar-refractivity contribution in [3.63, 3.8) is 0 Å². The first-order valence-electron chi connectivity index (χ1n) is 3.70. The smallest absolute Gasteiger partial charge is 0.123 e. The number of benzene rings is 1. The van der Waals surface area contributed by atoms with Gasteiger partial charge in [-0.15, -0.1) is 0 Å². The van der Waals surface area contributed by atoms with Gasteiger partial charge < -0.3 is 9.84 Å². The van der Waals surface area contributed by atoms with Gasteiger partial charge in [0.2, 0.25) is 0 Å². The fourth-order valence-corrected chi connectivity index (χ4v) is 1.02. The summed E-state index contributed by atoms with van der Waals surface area (Å²) in [6, 6.07) is 7.08. The van der Waals surface area contributed by atoms with E-state index in [-0.39, 0.29) is 49.8 Å². The van der Waals surface area contributed by atoms with E-state index in [1.54, 1.807) is 19.2 Å². The summed E-state index contributed by atoms with van der Waals surface area (Å²) in [5.74, 6) is 0.250. The summed E-state index contributed by atoms with van der Waals surface area (Å²) in [7, 11) is 1.60. The summed E-state index contributed by atoms with van der Waals surface area (Å²) in [6.45, 7) is 4.23. The predicted molar refractivity (Wildman–Crippen MR) is 49.0 cm³/mol. The molecule has 3 heteroatoms. The number of phenols is 1. The quantitative estimate of drug-likeness (QED) is 0.855. The molecule has 0 saturated heterocycles. The molecule has 0 heterocycles. The Kier molecular flexibility index (Phi) is 6.67. The zero-order chi connectivity index (χ0) is 8.97. The number of methoxy groups -OCH3 is 1. The topological polar surface area (TPSA) is 29.5 Å². The molecule has 0 spiro atoms. The van der Waals surface area contributed by atoms with Gasteiger partial charge in [0.15, 0.2) is 0 Å². The maximum Gasteiger partial charge on any atom is 0.123 e. The van der Waals surface area contributed by atoms with Crippen LogP contribution in [0.5, 0.6) is 5.75 Å². The Morgan fingerprint density at radius 1 is 1.46 bits per heavy atom. The van der Waals surface area contributed by atoms with Gasteiger partial charge >= 0.3 is 0 Å². The second kappa shape index (κ2) is 6.59. The molecule has 0 aromatic heterocycles. The van der Waals surface area contributed by atoms with Gasteiger partial charge in [-0.1, -0.05) is 24.8 Å². The van der Waals surface area contributed by atoms with Crippen LogP contribution in [0.2, 0.25) is 0 Å². The summed E-state index contributed by atoms with van der Waals surface area (Å²) in [6.07, 6.45) is 0. The third kappa shape index (κ3) is 3.81. The molecule has 1 aromatic rings. The Morgan fingerprint density at radius 2 is 2.08 bits per heavy atom. The minimum Gasteiger partial charge on any atom is -0.507 e. The van der Waals surface area contributed by atoms with E-state index >= 15 is 0 Å². The van der Waals surface area contributed by atoms with Crippen LogP contribution < -0.4 is 0 Å². The van der Waals surface area contributed by atoms with Gasteiger partial charge in [0, 0.05) is 56.7 Å². The van der Waals surface area contributed by atoms with Crippen molar-refractivity contribution in [2.45, 2.75) is 0 Å². The molecule has 0 aliphatic carbocycles. The van der Waals surface area contributed by atoms with Crippen molar-refractivity contribution in [1.29, 1.82) is 0 Å². The van der Waals surface area contributed by atoms with Gasteiger partial charge in [-0.25, -0.2) is 0 Å². The van der Waals surface area contributed by atoms with Crippen molar-refractivity contribution >= 4 is 5.57 Å². The number of ether oxygens (including phenoxy) is 1. The Morgan fingerprint density at radius 3 is 2.62 bits per heavy atom. The van der Waals surface area contributed by atoms with E-state index in [9.17, 15) is 5.11 Å². The molecule has 2 nitrogen and oxygen atoms in total. The summed E-state index contributed by atoms with van der Waals surface area (Å²) >= 11 is 0. The molecule has 0 aliphatic rings. The molecule has 1 radical (unpaired) electrons. The molecule has 0 fully saturated rings. The molecular formula is C10H12AcO2. The van der Waals surface area contributed by atoms with Crippen LogP contribution in [0.1, 0.15) is 5.56 Å². The van der Waals surface area contributed by atoms with Crippen molar-refractivity contribution in [3.8, 4) is 5.75 Å². The number of para-hydroxylation sites is 1. The normalized spacial score (nSPS) is 9.00. The van der Waals surface area contributed by atoms with E-state index in [1.165, 1.54) is 0 Å². The SMILES string of the molecule is C=C(COC)c1ccccc1O.[Ac]. The summed E-state index contributed by atoms with van der Waals surface area (Å²) < 4.78 is 4.90.